The predicted molar refractivity (Wildman–Crippen MR) is 71.7 cm³/mol. The summed E-state index contributed by atoms with van der Waals surface area (Å²) in [7, 11) is -4.32. The summed E-state index contributed by atoms with van der Waals surface area (Å²) in [6.45, 7) is 1.33. The van der Waals surface area contributed by atoms with Gasteiger partial charge < -0.3 is 5.11 Å². The minimum absolute atomic E-state index is 0.0785. The molecule has 1 N–H and O–H groups in total. The van der Waals surface area contributed by atoms with Gasteiger partial charge in [-0.1, -0.05) is 19.8 Å². The lowest BCUT2D eigenvalue weighted by molar-refractivity contribution is 0.251. The van der Waals surface area contributed by atoms with Gasteiger partial charge >= 0.3 is 0 Å². The number of benzene rings is 1. The summed E-state index contributed by atoms with van der Waals surface area (Å²) in [6, 6.07) is 1.25. The van der Waals surface area contributed by atoms with Crippen LogP contribution in [0.15, 0.2) is 17.0 Å². The van der Waals surface area contributed by atoms with Crippen molar-refractivity contribution in [1.29, 1.82) is 0 Å². The van der Waals surface area contributed by atoms with E-state index in [1.54, 1.807) is 0 Å². The van der Waals surface area contributed by atoms with Crippen molar-refractivity contribution < 1.29 is 26.7 Å². The largest absolute Gasteiger partial charge is 0.395 e. The van der Waals surface area contributed by atoms with Crippen molar-refractivity contribution in [2.24, 2.45) is 0 Å². The van der Waals surface area contributed by atoms with Crippen LogP contribution in [0.5, 0.6) is 0 Å². The number of sulfonamides is 1. The molecule has 0 aromatic heterocycles. The Morgan fingerprint density at radius 3 is 2.33 bits per heavy atom. The van der Waals surface area contributed by atoms with Gasteiger partial charge in [0.15, 0.2) is 17.5 Å². The molecule has 0 heterocycles. The monoisotopic (exact) mass is 325 g/mol. The van der Waals surface area contributed by atoms with Crippen molar-refractivity contribution in [3.63, 3.8) is 0 Å². The average molecular weight is 325 g/mol. The molecule has 120 valence electrons. The molecule has 0 fully saturated rings. The number of unbranched alkanes of at least 4 members (excludes halogenated alkanes) is 2. The van der Waals surface area contributed by atoms with Crippen LogP contribution in [0.3, 0.4) is 0 Å². The summed E-state index contributed by atoms with van der Waals surface area (Å²) in [5.74, 6) is -5.02. The van der Waals surface area contributed by atoms with Crippen LogP contribution >= 0.6 is 0 Å². The Balaban J connectivity index is 3.13. The maximum atomic E-state index is 13.7. The Morgan fingerprint density at radius 2 is 1.76 bits per heavy atom. The Morgan fingerprint density at radius 1 is 1.10 bits per heavy atom. The maximum absolute atomic E-state index is 13.7. The number of halogens is 3. The second-order valence-electron chi connectivity index (χ2n) is 4.51. The third-order valence-electron chi connectivity index (χ3n) is 2.98. The van der Waals surface area contributed by atoms with Crippen LogP contribution in [-0.2, 0) is 10.0 Å². The Bertz CT molecular complexity index is 578. The van der Waals surface area contributed by atoms with Gasteiger partial charge in [-0.15, -0.1) is 0 Å². The number of aliphatic hydroxyl groups is 1. The summed E-state index contributed by atoms with van der Waals surface area (Å²) in [5, 5.41) is 8.94. The molecule has 0 atom stereocenters. The normalized spacial score (nSPS) is 12.1. The highest BCUT2D eigenvalue weighted by atomic mass is 32.2. The van der Waals surface area contributed by atoms with Crippen LogP contribution in [-0.4, -0.2) is 37.5 Å². The van der Waals surface area contributed by atoms with Crippen LogP contribution in [0.1, 0.15) is 26.2 Å². The highest BCUT2D eigenvalue weighted by molar-refractivity contribution is 7.89. The van der Waals surface area contributed by atoms with E-state index in [-0.39, 0.29) is 13.1 Å². The van der Waals surface area contributed by atoms with Gasteiger partial charge in [-0.25, -0.2) is 21.6 Å². The molecule has 1 aromatic carbocycles. The van der Waals surface area contributed by atoms with Crippen molar-refractivity contribution >= 4 is 10.0 Å². The van der Waals surface area contributed by atoms with Gasteiger partial charge in [-0.05, 0) is 18.6 Å². The van der Waals surface area contributed by atoms with Gasteiger partial charge in [0, 0.05) is 13.1 Å². The zero-order valence-corrected chi connectivity index (χ0v) is 12.5. The minimum Gasteiger partial charge on any atom is -0.395 e. The van der Waals surface area contributed by atoms with E-state index in [1.165, 1.54) is 0 Å². The second kappa shape index (κ2) is 7.77. The molecule has 0 amide bonds. The van der Waals surface area contributed by atoms with E-state index in [0.717, 1.165) is 17.1 Å². The standard InChI is InChI=1S/C13H18F3NO3S/c1-2-3-4-7-17(8-9-18)21(19,20)11-6-5-10(14)12(15)13(11)16/h5-6,18H,2-4,7-9H2,1H3. The SMILES string of the molecule is CCCCCN(CCO)S(=O)(=O)c1ccc(F)c(F)c1F. The quantitative estimate of drug-likeness (QED) is 0.589. The summed E-state index contributed by atoms with van der Waals surface area (Å²) in [4.78, 5) is -0.925. The van der Waals surface area contributed by atoms with E-state index >= 15 is 0 Å². The molecular formula is C13H18F3NO3S. The molecule has 0 aliphatic heterocycles. The molecule has 0 spiro atoms. The van der Waals surface area contributed by atoms with Gasteiger partial charge in [-0.3, -0.25) is 0 Å². The van der Waals surface area contributed by atoms with Crippen molar-refractivity contribution in [3.8, 4) is 0 Å². The molecule has 0 saturated carbocycles. The van der Waals surface area contributed by atoms with Gasteiger partial charge in [0.2, 0.25) is 10.0 Å². The van der Waals surface area contributed by atoms with Crippen molar-refractivity contribution in [1.82, 2.24) is 4.31 Å². The number of hydrogen-bond acceptors (Lipinski definition) is 3. The van der Waals surface area contributed by atoms with E-state index < -0.39 is 39.0 Å². The lowest BCUT2D eigenvalue weighted by Crippen LogP contribution is -2.35. The van der Waals surface area contributed by atoms with Crippen molar-refractivity contribution in [3.05, 3.63) is 29.6 Å². The maximum Gasteiger partial charge on any atom is 0.246 e. The number of aliphatic hydroxyl groups excluding tert-OH is 1. The molecule has 8 heteroatoms. The molecule has 0 radical (unpaired) electrons. The smallest absolute Gasteiger partial charge is 0.246 e. The fourth-order valence-corrected chi connectivity index (χ4v) is 3.37. The van der Waals surface area contributed by atoms with Crippen LogP contribution < -0.4 is 0 Å². The first kappa shape index (κ1) is 17.9. The first-order valence-electron chi connectivity index (χ1n) is 6.60. The van der Waals surface area contributed by atoms with E-state index in [2.05, 4.69) is 0 Å². The highest BCUT2D eigenvalue weighted by Gasteiger charge is 2.29. The van der Waals surface area contributed by atoms with Gasteiger partial charge in [0.1, 0.15) is 4.90 Å². The molecule has 0 bridgehead atoms. The van der Waals surface area contributed by atoms with E-state index in [0.29, 0.717) is 18.6 Å². The number of rotatable bonds is 8. The molecule has 0 aliphatic rings. The second-order valence-corrected chi connectivity index (χ2v) is 6.41. The zero-order valence-electron chi connectivity index (χ0n) is 11.7. The number of nitrogens with zero attached hydrogens (tertiary/aromatic N) is 1. The Kier molecular flexibility index (Phi) is 6.63. The van der Waals surface area contributed by atoms with Crippen molar-refractivity contribution in [2.45, 2.75) is 31.1 Å². The minimum atomic E-state index is -4.32. The average Bonchev–Trinajstić information content (AvgIpc) is 2.43. The summed E-state index contributed by atoms with van der Waals surface area (Å²) in [6.07, 6.45) is 2.14. The van der Waals surface area contributed by atoms with Crippen LogP contribution in [0, 0.1) is 17.5 Å². The molecule has 4 nitrogen and oxygen atoms in total. The summed E-state index contributed by atoms with van der Waals surface area (Å²) >= 11 is 0. The molecular weight excluding hydrogens is 307 g/mol. The first-order chi connectivity index (χ1) is 9.86. The molecule has 21 heavy (non-hydrogen) atoms. The summed E-state index contributed by atoms with van der Waals surface area (Å²) in [5.41, 5.74) is 0. The Labute approximate surface area is 122 Å². The molecule has 0 unspecified atom stereocenters. The zero-order chi connectivity index (χ0) is 16.0. The first-order valence-corrected chi connectivity index (χ1v) is 8.04. The van der Waals surface area contributed by atoms with Gasteiger partial charge in [-0.2, -0.15) is 4.31 Å². The van der Waals surface area contributed by atoms with Crippen LogP contribution in [0.25, 0.3) is 0 Å². The summed E-state index contributed by atoms with van der Waals surface area (Å²) < 4.78 is 65.2. The van der Waals surface area contributed by atoms with E-state index in [1.807, 2.05) is 6.92 Å². The molecule has 1 rings (SSSR count). The topological polar surface area (TPSA) is 57.6 Å². The van der Waals surface area contributed by atoms with Crippen molar-refractivity contribution in [2.75, 3.05) is 19.7 Å². The van der Waals surface area contributed by atoms with E-state index in [9.17, 15) is 21.6 Å². The molecule has 0 aliphatic carbocycles. The molecule has 1 aromatic rings. The van der Waals surface area contributed by atoms with Gasteiger partial charge in [0.05, 0.1) is 6.61 Å². The fraction of sp³-hybridized carbons (Fsp3) is 0.538. The van der Waals surface area contributed by atoms with E-state index in [4.69, 9.17) is 5.11 Å². The Hall–Kier alpha value is -1.12. The highest BCUT2D eigenvalue weighted by Crippen LogP contribution is 2.23. The predicted octanol–water partition coefficient (Wildman–Crippen LogP) is 2.28. The van der Waals surface area contributed by atoms with Gasteiger partial charge in [0.25, 0.3) is 0 Å². The van der Waals surface area contributed by atoms with Crippen LogP contribution in [0.4, 0.5) is 13.2 Å². The molecule has 0 saturated heterocycles. The lowest BCUT2D eigenvalue weighted by Gasteiger charge is -2.21. The third-order valence-corrected chi connectivity index (χ3v) is 4.89. The third kappa shape index (κ3) is 4.18. The van der Waals surface area contributed by atoms with Crippen LogP contribution in [0.2, 0.25) is 0 Å². The fourth-order valence-electron chi connectivity index (χ4n) is 1.85. The number of hydrogen-bond donors (Lipinski definition) is 1. The lowest BCUT2D eigenvalue weighted by atomic mass is 10.2.